The monoisotopic (exact) mass is 268 g/mol. The lowest BCUT2D eigenvalue weighted by Crippen LogP contribution is -2.28. The molecule has 106 valence electrons. The van der Waals surface area contributed by atoms with Gasteiger partial charge in [-0.25, -0.2) is 0 Å². The maximum Gasteiger partial charge on any atom is 0.258 e. The number of ether oxygens (including phenoxy) is 3. The Morgan fingerprint density at radius 2 is 1.84 bits per heavy atom. The molecule has 1 rings (SSSR count). The summed E-state index contributed by atoms with van der Waals surface area (Å²) in [5, 5.41) is 2.74. The smallest absolute Gasteiger partial charge is 0.258 e. The fraction of sp³-hybridized carbons (Fsp3) is 0.462. The first kappa shape index (κ1) is 15.3. The summed E-state index contributed by atoms with van der Waals surface area (Å²) < 4.78 is 15.5. The van der Waals surface area contributed by atoms with Gasteiger partial charge in [-0.1, -0.05) is 6.07 Å². The first-order chi connectivity index (χ1) is 9.24. The van der Waals surface area contributed by atoms with E-state index in [1.807, 2.05) is 0 Å². The van der Waals surface area contributed by atoms with Crippen LogP contribution in [0, 0.1) is 0 Å². The summed E-state index contributed by atoms with van der Waals surface area (Å²) in [4.78, 5) is 12.1. The van der Waals surface area contributed by atoms with Crippen LogP contribution in [0.25, 0.3) is 0 Å². The summed E-state index contributed by atoms with van der Waals surface area (Å²) in [6.45, 7) is 1.77. The number of hydrogen-bond acceptors (Lipinski definition) is 5. The van der Waals surface area contributed by atoms with Crippen molar-refractivity contribution < 1.29 is 19.0 Å². The van der Waals surface area contributed by atoms with Gasteiger partial charge in [-0.3, -0.25) is 4.79 Å². The van der Waals surface area contributed by atoms with E-state index in [9.17, 15) is 4.79 Å². The minimum absolute atomic E-state index is 0.259. The molecule has 3 N–H and O–H groups in total. The highest BCUT2D eigenvalue weighted by Gasteiger charge is 2.17. The zero-order valence-electron chi connectivity index (χ0n) is 11.3. The molecule has 0 saturated heterocycles. The molecule has 0 unspecified atom stereocenters. The van der Waals surface area contributed by atoms with E-state index < -0.39 is 0 Å². The molecule has 0 saturated carbocycles. The van der Waals surface area contributed by atoms with Crippen molar-refractivity contribution in [2.24, 2.45) is 5.73 Å². The average Bonchev–Trinajstić information content (AvgIpc) is 2.45. The summed E-state index contributed by atoms with van der Waals surface area (Å²) in [5.41, 5.74) is 5.67. The van der Waals surface area contributed by atoms with Gasteiger partial charge in [-0.05, 0) is 12.1 Å². The number of methoxy groups -OCH3 is 2. The van der Waals surface area contributed by atoms with Gasteiger partial charge in [-0.15, -0.1) is 0 Å². The van der Waals surface area contributed by atoms with Gasteiger partial charge in [0.2, 0.25) is 0 Å². The van der Waals surface area contributed by atoms with Gasteiger partial charge >= 0.3 is 0 Å². The number of rotatable bonds is 8. The van der Waals surface area contributed by atoms with Gasteiger partial charge in [-0.2, -0.15) is 0 Å². The topological polar surface area (TPSA) is 82.8 Å². The van der Waals surface area contributed by atoms with Gasteiger partial charge in [0.05, 0.1) is 27.4 Å². The molecule has 0 heterocycles. The van der Waals surface area contributed by atoms with E-state index in [-0.39, 0.29) is 5.91 Å². The second kappa shape index (κ2) is 8.34. The second-order valence-electron chi connectivity index (χ2n) is 3.69. The minimum Gasteiger partial charge on any atom is -0.496 e. The van der Waals surface area contributed by atoms with Gasteiger partial charge in [0.25, 0.3) is 5.91 Å². The van der Waals surface area contributed by atoms with Crippen LogP contribution >= 0.6 is 0 Å². The summed E-state index contributed by atoms with van der Waals surface area (Å²) in [6, 6.07) is 5.18. The Morgan fingerprint density at radius 1 is 1.21 bits per heavy atom. The van der Waals surface area contributed by atoms with Crippen molar-refractivity contribution >= 4 is 5.91 Å². The van der Waals surface area contributed by atoms with E-state index in [2.05, 4.69) is 5.32 Å². The van der Waals surface area contributed by atoms with Crippen LogP contribution < -0.4 is 20.5 Å². The number of carbonyl (C=O) groups excluding carboxylic acids is 1. The van der Waals surface area contributed by atoms with Crippen LogP contribution in [0.3, 0.4) is 0 Å². The molecule has 0 atom stereocenters. The molecule has 0 fully saturated rings. The minimum atomic E-state index is -0.259. The first-order valence-electron chi connectivity index (χ1n) is 6.01. The molecule has 6 heteroatoms. The molecule has 0 aromatic heterocycles. The molecule has 0 radical (unpaired) electrons. The predicted molar refractivity (Wildman–Crippen MR) is 71.8 cm³/mol. The van der Waals surface area contributed by atoms with Gasteiger partial charge < -0.3 is 25.3 Å². The summed E-state index contributed by atoms with van der Waals surface area (Å²) in [7, 11) is 3.02. The number of nitrogens with two attached hydrogens (primary N) is 1. The Morgan fingerprint density at radius 3 is 2.37 bits per heavy atom. The standard InChI is InChI=1S/C13H20N2O4/c1-17-10-4-3-5-11(18-2)12(10)13(16)15-7-9-19-8-6-14/h3-5H,6-9,14H2,1-2H3,(H,15,16). The third-order valence-corrected chi connectivity index (χ3v) is 2.45. The largest absolute Gasteiger partial charge is 0.496 e. The Labute approximate surface area is 112 Å². The van der Waals surface area contributed by atoms with Crippen LogP contribution in [-0.2, 0) is 4.74 Å². The Hall–Kier alpha value is -1.79. The fourth-order valence-electron chi connectivity index (χ4n) is 1.59. The summed E-state index contributed by atoms with van der Waals surface area (Å²) >= 11 is 0. The second-order valence-corrected chi connectivity index (χ2v) is 3.69. The Balaban J connectivity index is 2.65. The van der Waals surface area contributed by atoms with Crippen LogP contribution in [0.4, 0.5) is 0 Å². The molecule has 0 bridgehead atoms. The first-order valence-corrected chi connectivity index (χ1v) is 6.01. The highest BCUT2D eigenvalue weighted by molar-refractivity contribution is 5.99. The third kappa shape index (κ3) is 4.42. The molecule has 1 aromatic carbocycles. The van der Waals surface area contributed by atoms with Crippen molar-refractivity contribution in [3.8, 4) is 11.5 Å². The third-order valence-electron chi connectivity index (χ3n) is 2.45. The molecule has 0 spiro atoms. The van der Waals surface area contributed by atoms with Crippen LogP contribution in [-0.4, -0.2) is 46.4 Å². The Kier molecular flexibility index (Phi) is 6.70. The molecule has 1 aromatic rings. The summed E-state index contributed by atoms with van der Waals surface area (Å²) in [6.07, 6.45) is 0. The molecular weight excluding hydrogens is 248 g/mol. The van der Waals surface area contributed by atoms with Crippen molar-refractivity contribution in [3.63, 3.8) is 0 Å². The SMILES string of the molecule is COc1cccc(OC)c1C(=O)NCCOCCN. The number of benzene rings is 1. The fourth-order valence-corrected chi connectivity index (χ4v) is 1.59. The van der Waals surface area contributed by atoms with E-state index in [1.165, 1.54) is 14.2 Å². The molecule has 6 nitrogen and oxygen atoms in total. The van der Waals surface area contributed by atoms with E-state index in [0.717, 1.165) is 0 Å². The van der Waals surface area contributed by atoms with Crippen molar-refractivity contribution in [1.29, 1.82) is 0 Å². The van der Waals surface area contributed by atoms with E-state index in [1.54, 1.807) is 18.2 Å². The highest BCUT2D eigenvalue weighted by Crippen LogP contribution is 2.27. The normalized spacial score (nSPS) is 10.1. The van der Waals surface area contributed by atoms with Gasteiger partial charge in [0, 0.05) is 13.1 Å². The number of nitrogens with one attached hydrogen (secondary N) is 1. The number of carbonyl (C=O) groups is 1. The molecule has 19 heavy (non-hydrogen) atoms. The van der Waals surface area contributed by atoms with Crippen molar-refractivity contribution in [3.05, 3.63) is 23.8 Å². The molecular formula is C13H20N2O4. The maximum absolute atomic E-state index is 12.1. The zero-order chi connectivity index (χ0) is 14.1. The molecule has 1 amide bonds. The lowest BCUT2D eigenvalue weighted by Gasteiger charge is -2.13. The maximum atomic E-state index is 12.1. The number of hydrogen-bond donors (Lipinski definition) is 2. The average molecular weight is 268 g/mol. The number of amides is 1. The van der Waals surface area contributed by atoms with Crippen LogP contribution in [0.2, 0.25) is 0 Å². The molecule has 0 aliphatic heterocycles. The van der Waals surface area contributed by atoms with E-state index in [4.69, 9.17) is 19.9 Å². The van der Waals surface area contributed by atoms with Crippen LogP contribution in [0.15, 0.2) is 18.2 Å². The van der Waals surface area contributed by atoms with Gasteiger partial charge in [0.15, 0.2) is 0 Å². The van der Waals surface area contributed by atoms with Crippen LogP contribution in [0.5, 0.6) is 11.5 Å². The van der Waals surface area contributed by atoms with E-state index >= 15 is 0 Å². The van der Waals surface area contributed by atoms with E-state index in [0.29, 0.717) is 43.4 Å². The van der Waals surface area contributed by atoms with Crippen molar-refractivity contribution in [2.75, 3.05) is 40.5 Å². The lowest BCUT2D eigenvalue weighted by molar-refractivity contribution is 0.0914. The molecule has 0 aliphatic carbocycles. The quantitative estimate of drug-likeness (QED) is 0.667. The lowest BCUT2D eigenvalue weighted by atomic mass is 10.1. The highest BCUT2D eigenvalue weighted by atomic mass is 16.5. The van der Waals surface area contributed by atoms with Crippen molar-refractivity contribution in [2.45, 2.75) is 0 Å². The summed E-state index contributed by atoms with van der Waals surface area (Å²) in [5.74, 6) is 0.685. The van der Waals surface area contributed by atoms with Crippen molar-refractivity contribution in [1.82, 2.24) is 5.32 Å². The Bertz CT molecular complexity index is 387. The molecule has 0 aliphatic rings. The van der Waals surface area contributed by atoms with Gasteiger partial charge in [0.1, 0.15) is 17.1 Å². The zero-order valence-corrected chi connectivity index (χ0v) is 11.3. The predicted octanol–water partition coefficient (Wildman–Crippen LogP) is 0.409. The van der Waals surface area contributed by atoms with Crippen LogP contribution in [0.1, 0.15) is 10.4 Å².